The zero-order valence-corrected chi connectivity index (χ0v) is 15.6. The number of benzene rings is 2. The lowest BCUT2D eigenvalue weighted by Gasteiger charge is -2.11. The molecule has 6 nitrogen and oxygen atoms in total. The SMILES string of the molecule is CCCCCCCCc1cc(C(=NO)c2ccccc2)c(O)c([N+](=O)[O-])c1. The molecule has 0 radical (unpaired) electrons. The van der Waals surface area contributed by atoms with Crippen LogP contribution < -0.4 is 0 Å². The summed E-state index contributed by atoms with van der Waals surface area (Å²) >= 11 is 0. The van der Waals surface area contributed by atoms with Gasteiger partial charge in [0, 0.05) is 11.6 Å². The molecule has 0 atom stereocenters. The average Bonchev–Trinajstić information content (AvgIpc) is 2.67. The van der Waals surface area contributed by atoms with Crippen molar-refractivity contribution in [3.05, 3.63) is 69.3 Å². The largest absolute Gasteiger partial charge is 0.502 e. The van der Waals surface area contributed by atoms with Crippen molar-refractivity contribution < 1.29 is 15.2 Å². The van der Waals surface area contributed by atoms with Crippen molar-refractivity contribution in [2.24, 2.45) is 5.16 Å². The van der Waals surface area contributed by atoms with E-state index in [0.29, 0.717) is 12.0 Å². The maximum Gasteiger partial charge on any atom is 0.311 e. The highest BCUT2D eigenvalue weighted by Crippen LogP contribution is 2.33. The Bertz CT molecular complexity index is 788. The topological polar surface area (TPSA) is 96.0 Å². The standard InChI is InChI=1S/C21H26N2O4/c1-2-3-4-5-6-8-11-16-14-18(21(24)19(15-16)23(26)27)20(22-25)17-12-9-7-10-13-17/h7,9-10,12-15,24-25H,2-6,8,11H2,1H3. The van der Waals surface area contributed by atoms with E-state index in [1.807, 2.05) is 6.07 Å². The molecule has 0 aromatic heterocycles. The van der Waals surface area contributed by atoms with Gasteiger partial charge in [-0.25, -0.2) is 0 Å². The fourth-order valence-corrected chi connectivity index (χ4v) is 3.11. The first kappa shape index (κ1) is 20.4. The van der Waals surface area contributed by atoms with Gasteiger partial charge in [0.05, 0.1) is 10.5 Å². The summed E-state index contributed by atoms with van der Waals surface area (Å²) in [6.07, 6.45) is 7.42. The van der Waals surface area contributed by atoms with E-state index in [0.717, 1.165) is 24.8 Å². The molecule has 0 aliphatic carbocycles. The van der Waals surface area contributed by atoms with Crippen molar-refractivity contribution in [3.63, 3.8) is 0 Å². The summed E-state index contributed by atoms with van der Waals surface area (Å²) in [6.45, 7) is 2.17. The first-order valence-electron chi connectivity index (χ1n) is 9.36. The van der Waals surface area contributed by atoms with Gasteiger partial charge in [0.25, 0.3) is 0 Å². The Labute approximate surface area is 159 Å². The molecule has 0 amide bonds. The van der Waals surface area contributed by atoms with Gasteiger partial charge >= 0.3 is 5.69 Å². The van der Waals surface area contributed by atoms with E-state index >= 15 is 0 Å². The van der Waals surface area contributed by atoms with E-state index in [-0.39, 0.29) is 17.0 Å². The van der Waals surface area contributed by atoms with Crippen molar-refractivity contribution in [1.82, 2.24) is 0 Å². The highest BCUT2D eigenvalue weighted by atomic mass is 16.6. The molecule has 0 unspecified atom stereocenters. The van der Waals surface area contributed by atoms with Crippen molar-refractivity contribution in [2.75, 3.05) is 0 Å². The molecule has 0 heterocycles. The molecule has 6 heteroatoms. The molecule has 0 saturated heterocycles. The highest BCUT2D eigenvalue weighted by Gasteiger charge is 2.23. The number of hydrogen-bond acceptors (Lipinski definition) is 5. The van der Waals surface area contributed by atoms with E-state index in [2.05, 4.69) is 12.1 Å². The molecule has 2 N–H and O–H groups in total. The summed E-state index contributed by atoms with van der Waals surface area (Å²) < 4.78 is 0. The predicted octanol–water partition coefficient (Wildman–Crippen LogP) is 5.43. The number of nitrogens with zero attached hydrogens (tertiary/aromatic N) is 2. The number of phenolic OH excluding ortho intramolecular Hbond substituents is 1. The number of aromatic hydroxyl groups is 1. The smallest absolute Gasteiger partial charge is 0.311 e. The van der Waals surface area contributed by atoms with Crippen LogP contribution in [0.3, 0.4) is 0 Å². The van der Waals surface area contributed by atoms with Crippen LogP contribution in [-0.4, -0.2) is 20.9 Å². The third kappa shape index (κ3) is 5.54. The number of unbranched alkanes of at least 4 members (excludes halogenated alkanes) is 5. The van der Waals surface area contributed by atoms with Crippen molar-refractivity contribution in [1.29, 1.82) is 0 Å². The van der Waals surface area contributed by atoms with Gasteiger partial charge in [0.15, 0.2) is 0 Å². The molecule has 2 aromatic carbocycles. The minimum absolute atomic E-state index is 0.112. The van der Waals surface area contributed by atoms with E-state index in [4.69, 9.17) is 0 Å². The van der Waals surface area contributed by atoms with Crippen molar-refractivity contribution in [3.8, 4) is 5.75 Å². The molecule has 2 aromatic rings. The van der Waals surface area contributed by atoms with E-state index < -0.39 is 10.7 Å². The summed E-state index contributed by atoms with van der Waals surface area (Å²) in [4.78, 5) is 10.8. The minimum atomic E-state index is -0.608. The van der Waals surface area contributed by atoms with Gasteiger partial charge in [-0.05, 0) is 24.5 Å². The monoisotopic (exact) mass is 370 g/mol. The van der Waals surface area contributed by atoms with Gasteiger partial charge in [0.1, 0.15) is 5.71 Å². The Morgan fingerprint density at radius 1 is 1.07 bits per heavy atom. The lowest BCUT2D eigenvalue weighted by molar-refractivity contribution is -0.385. The van der Waals surface area contributed by atoms with E-state index in [1.54, 1.807) is 30.3 Å². The fraction of sp³-hybridized carbons (Fsp3) is 0.381. The van der Waals surface area contributed by atoms with Crippen LogP contribution in [0.1, 0.15) is 62.1 Å². The molecule has 0 aliphatic heterocycles. The quantitative estimate of drug-likeness (QED) is 0.192. The molecule has 0 bridgehead atoms. The summed E-state index contributed by atoms with van der Waals surface area (Å²) in [5, 5.41) is 34.5. The minimum Gasteiger partial charge on any atom is -0.502 e. The Hall–Kier alpha value is -2.89. The van der Waals surface area contributed by atoms with Gasteiger partial charge < -0.3 is 10.3 Å². The summed E-state index contributed by atoms with van der Waals surface area (Å²) in [6, 6.07) is 11.9. The first-order valence-corrected chi connectivity index (χ1v) is 9.36. The molecular weight excluding hydrogens is 344 g/mol. The molecule has 0 saturated carbocycles. The van der Waals surface area contributed by atoms with Crippen LogP contribution in [0.15, 0.2) is 47.6 Å². The highest BCUT2D eigenvalue weighted by molar-refractivity contribution is 6.14. The number of nitro benzene ring substituents is 1. The molecule has 27 heavy (non-hydrogen) atoms. The summed E-state index contributed by atoms with van der Waals surface area (Å²) in [5.41, 5.74) is 1.23. The molecule has 0 fully saturated rings. The first-order chi connectivity index (χ1) is 13.1. The zero-order valence-electron chi connectivity index (χ0n) is 15.6. The summed E-state index contributed by atoms with van der Waals surface area (Å²) in [7, 11) is 0. The second kappa shape index (κ2) is 10.3. The van der Waals surface area contributed by atoms with E-state index in [9.17, 15) is 20.4 Å². The van der Waals surface area contributed by atoms with Crippen LogP contribution in [-0.2, 0) is 6.42 Å². The average molecular weight is 370 g/mol. The number of rotatable bonds is 10. The number of aryl methyl sites for hydroxylation is 1. The Morgan fingerprint density at radius 2 is 1.74 bits per heavy atom. The molecular formula is C21H26N2O4. The maximum absolute atomic E-state index is 11.4. The summed E-state index contributed by atoms with van der Waals surface area (Å²) in [5.74, 6) is -0.483. The predicted molar refractivity (Wildman–Crippen MR) is 106 cm³/mol. The van der Waals surface area contributed by atoms with Gasteiger partial charge in [-0.2, -0.15) is 0 Å². The lowest BCUT2D eigenvalue weighted by atomic mass is 9.96. The van der Waals surface area contributed by atoms with Crippen LogP contribution in [0.2, 0.25) is 0 Å². The van der Waals surface area contributed by atoms with Crippen molar-refractivity contribution >= 4 is 11.4 Å². The second-order valence-corrected chi connectivity index (χ2v) is 6.60. The van der Waals surface area contributed by atoms with Gasteiger partial charge in [-0.3, -0.25) is 10.1 Å². The molecule has 0 spiro atoms. The van der Waals surface area contributed by atoms with Crippen LogP contribution in [0.25, 0.3) is 0 Å². The Morgan fingerprint density at radius 3 is 2.37 bits per heavy atom. The zero-order chi connectivity index (χ0) is 19.6. The number of hydrogen-bond donors (Lipinski definition) is 2. The number of oxime groups is 1. The Kier molecular flexibility index (Phi) is 7.79. The van der Waals surface area contributed by atoms with Crippen LogP contribution in [0, 0.1) is 10.1 Å². The number of phenols is 1. The van der Waals surface area contributed by atoms with Gasteiger partial charge in [0.2, 0.25) is 5.75 Å². The molecule has 144 valence electrons. The number of nitro groups is 1. The lowest BCUT2D eigenvalue weighted by Crippen LogP contribution is -2.06. The van der Waals surface area contributed by atoms with Gasteiger partial charge in [-0.15, -0.1) is 0 Å². The Balaban J connectivity index is 2.28. The third-order valence-corrected chi connectivity index (χ3v) is 4.57. The van der Waals surface area contributed by atoms with Gasteiger partial charge in [-0.1, -0.05) is 74.5 Å². The maximum atomic E-state index is 11.4. The van der Waals surface area contributed by atoms with Crippen LogP contribution >= 0.6 is 0 Å². The van der Waals surface area contributed by atoms with E-state index in [1.165, 1.54) is 25.3 Å². The van der Waals surface area contributed by atoms with Crippen molar-refractivity contribution in [2.45, 2.75) is 51.9 Å². The van der Waals surface area contributed by atoms with Crippen LogP contribution in [0.4, 0.5) is 5.69 Å². The molecule has 0 aliphatic rings. The second-order valence-electron chi connectivity index (χ2n) is 6.60. The fourth-order valence-electron chi connectivity index (χ4n) is 3.11. The molecule has 2 rings (SSSR count). The third-order valence-electron chi connectivity index (χ3n) is 4.57. The van der Waals surface area contributed by atoms with Crippen LogP contribution in [0.5, 0.6) is 5.75 Å². The normalized spacial score (nSPS) is 11.5.